The average molecular weight is 280 g/mol. The Bertz CT molecular complexity index is 425. The molecule has 0 aliphatic carbocycles. The third-order valence-corrected chi connectivity index (χ3v) is 5.65. The smallest absolute Gasteiger partial charge is 0.185 e. The highest BCUT2D eigenvalue weighted by Gasteiger charge is 2.30. The summed E-state index contributed by atoms with van der Waals surface area (Å²) in [6.07, 6.45) is 5.46. The molecule has 0 bridgehead atoms. The van der Waals surface area contributed by atoms with Crippen molar-refractivity contribution < 1.29 is 0 Å². The summed E-state index contributed by atoms with van der Waals surface area (Å²) in [5.41, 5.74) is 6.87. The first-order valence-corrected chi connectivity index (χ1v) is 8.25. The Morgan fingerprint density at radius 3 is 2.74 bits per heavy atom. The van der Waals surface area contributed by atoms with Crippen molar-refractivity contribution in [3.05, 3.63) is 10.6 Å². The normalized spacial score (nSPS) is 25.2. The lowest BCUT2D eigenvalue weighted by molar-refractivity contribution is 0.175. The second kappa shape index (κ2) is 5.77. The van der Waals surface area contributed by atoms with Crippen LogP contribution in [0.3, 0.4) is 0 Å². The molecule has 1 aromatic heterocycles. The maximum absolute atomic E-state index is 5.75. The summed E-state index contributed by atoms with van der Waals surface area (Å²) < 4.78 is 0. The van der Waals surface area contributed by atoms with E-state index in [4.69, 9.17) is 5.73 Å². The molecule has 0 spiro atoms. The van der Waals surface area contributed by atoms with Crippen LogP contribution in [0.4, 0.5) is 5.13 Å². The van der Waals surface area contributed by atoms with Gasteiger partial charge in [-0.3, -0.25) is 4.90 Å². The fourth-order valence-corrected chi connectivity index (χ4v) is 4.21. The summed E-state index contributed by atoms with van der Waals surface area (Å²) in [4.78, 5) is 11.1. The fraction of sp³-hybridized carbons (Fsp3) is 0.786. The van der Waals surface area contributed by atoms with Gasteiger partial charge in [-0.2, -0.15) is 0 Å². The van der Waals surface area contributed by atoms with E-state index >= 15 is 0 Å². The largest absolute Gasteiger partial charge is 0.346 e. The van der Waals surface area contributed by atoms with Crippen molar-refractivity contribution >= 4 is 16.5 Å². The van der Waals surface area contributed by atoms with Crippen LogP contribution < -0.4 is 10.6 Å². The molecule has 19 heavy (non-hydrogen) atoms. The summed E-state index contributed by atoms with van der Waals surface area (Å²) in [5.74, 6) is 0. The molecule has 5 heteroatoms. The molecular weight excluding hydrogens is 256 g/mol. The van der Waals surface area contributed by atoms with E-state index in [0.717, 1.165) is 24.8 Å². The Hall–Kier alpha value is -0.650. The van der Waals surface area contributed by atoms with E-state index in [9.17, 15) is 0 Å². The first-order chi connectivity index (χ1) is 9.28. The van der Waals surface area contributed by atoms with Crippen molar-refractivity contribution in [3.63, 3.8) is 0 Å². The van der Waals surface area contributed by atoms with Gasteiger partial charge in [0.2, 0.25) is 0 Å². The summed E-state index contributed by atoms with van der Waals surface area (Å²) in [6.45, 7) is 7.58. The van der Waals surface area contributed by atoms with Gasteiger partial charge in [0.1, 0.15) is 0 Å². The van der Waals surface area contributed by atoms with Gasteiger partial charge >= 0.3 is 0 Å². The van der Waals surface area contributed by atoms with Crippen molar-refractivity contribution in [3.8, 4) is 0 Å². The van der Waals surface area contributed by atoms with E-state index in [2.05, 4.69) is 21.7 Å². The summed E-state index contributed by atoms with van der Waals surface area (Å²) in [6, 6.07) is 0.742. The van der Waals surface area contributed by atoms with E-state index in [-0.39, 0.29) is 0 Å². The van der Waals surface area contributed by atoms with Gasteiger partial charge in [0, 0.05) is 30.6 Å². The monoisotopic (exact) mass is 280 g/mol. The van der Waals surface area contributed by atoms with Crippen LogP contribution >= 0.6 is 11.3 Å². The van der Waals surface area contributed by atoms with E-state index in [1.54, 1.807) is 11.3 Å². The lowest BCUT2D eigenvalue weighted by Gasteiger charge is -2.32. The molecule has 1 unspecified atom stereocenters. The second-order valence-corrected chi connectivity index (χ2v) is 6.76. The van der Waals surface area contributed by atoms with Crippen molar-refractivity contribution in [1.29, 1.82) is 0 Å². The standard InChI is InChI=1S/C14H24N4S/c1-11-13(9-15)19-14(16-11)18-8-5-12(10-18)17-6-3-2-4-7-17/h12H,2-10,15H2,1H3. The van der Waals surface area contributed by atoms with Gasteiger partial charge in [-0.1, -0.05) is 6.42 Å². The molecule has 0 amide bonds. The third-order valence-electron chi connectivity index (χ3n) is 4.41. The zero-order valence-electron chi connectivity index (χ0n) is 11.8. The lowest BCUT2D eigenvalue weighted by Crippen LogP contribution is -2.40. The van der Waals surface area contributed by atoms with Crippen molar-refractivity contribution in [2.24, 2.45) is 5.73 Å². The molecule has 2 aliphatic heterocycles. The van der Waals surface area contributed by atoms with Gasteiger partial charge in [0.25, 0.3) is 0 Å². The molecule has 3 heterocycles. The molecule has 1 atom stereocenters. The fourth-order valence-electron chi connectivity index (χ4n) is 3.23. The molecule has 2 N–H and O–H groups in total. The Morgan fingerprint density at radius 1 is 1.26 bits per heavy atom. The number of anilines is 1. The van der Waals surface area contributed by atoms with E-state index < -0.39 is 0 Å². The molecule has 2 fully saturated rings. The predicted molar refractivity (Wildman–Crippen MR) is 80.8 cm³/mol. The summed E-state index contributed by atoms with van der Waals surface area (Å²) in [5, 5.41) is 1.18. The maximum atomic E-state index is 5.75. The third kappa shape index (κ3) is 2.78. The van der Waals surface area contributed by atoms with Gasteiger partial charge in [0.05, 0.1) is 5.69 Å². The van der Waals surface area contributed by atoms with Crippen LogP contribution in [-0.4, -0.2) is 42.1 Å². The van der Waals surface area contributed by atoms with Crippen LogP contribution in [0.2, 0.25) is 0 Å². The lowest BCUT2D eigenvalue weighted by atomic mass is 10.1. The van der Waals surface area contributed by atoms with Crippen LogP contribution in [0, 0.1) is 6.92 Å². The molecule has 0 aromatic carbocycles. The Kier molecular flexibility index (Phi) is 4.05. The molecule has 106 valence electrons. The topological polar surface area (TPSA) is 45.4 Å². The van der Waals surface area contributed by atoms with Crippen LogP contribution in [0.1, 0.15) is 36.3 Å². The highest BCUT2D eigenvalue weighted by Crippen LogP contribution is 2.30. The first kappa shape index (κ1) is 13.3. The minimum absolute atomic E-state index is 0.618. The molecule has 2 aliphatic rings. The van der Waals surface area contributed by atoms with Gasteiger partial charge in [-0.05, 0) is 39.3 Å². The van der Waals surface area contributed by atoms with Crippen LogP contribution in [0.15, 0.2) is 0 Å². The highest BCUT2D eigenvalue weighted by molar-refractivity contribution is 7.15. The number of hydrogen-bond donors (Lipinski definition) is 1. The minimum atomic E-state index is 0.618. The number of piperidine rings is 1. The molecule has 2 saturated heterocycles. The second-order valence-electron chi connectivity index (χ2n) is 5.69. The Morgan fingerprint density at radius 2 is 2.05 bits per heavy atom. The van der Waals surface area contributed by atoms with Gasteiger partial charge < -0.3 is 10.6 Å². The Labute approximate surface area is 119 Å². The number of rotatable bonds is 3. The SMILES string of the molecule is Cc1nc(N2CCC(N3CCCCC3)C2)sc1CN. The number of thiazole rings is 1. The maximum Gasteiger partial charge on any atom is 0.185 e. The number of hydrogen-bond acceptors (Lipinski definition) is 5. The summed E-state index contributed by atoms with van der Waals surface area (Å²) >= 11 is 1.78. The highest BCUT2D eigenvalue weighted by atomic mass is 32.1. The van der Waals surface area contributed by atoms with Gasteiger partial charge in [0.15, 0.2) is 5.13 Å². The number of nitrogens with two attached hydrogens (primary N) is 1. The van der Waals surface area contributed by atoms with Gasteiger partial charge in [-0.25, -0.2) is 4.98 Å². The summed E-state index contributed by atoms with van der Waals surface area (Å²) in [7, 11) is 0. The van der Waals surface area contributed by atoms with Gasteiger partial charge in [-0.15, -0.1) is 11.3 Å². The number of likely N-dealkylation sites (tertiary alicyclic amines) is 1. The number of aryl methyl sites for hydroxylation is 1. The molecule has 0 radical (unpaired) electrons. The van der Waals surface area contributed by atoms with Crippen molar-refractivity contribution in [2.45, 2.75) is 45.2 Å². The van der Waals surface area contributed by atoms with E-state index in [0.29, 0.717) is 6.54 Å². The molecule has 3 rings (SSSR count). The predicted octanol–water partition coefficient (Wildman–Crippen LogP) is 1.97. The zero-order valence-corrected chi connectivity index (χ0v) is 12.6. The molecule has 4 nitrogen and oxygen atoms in total. The van der Waals surface area contributed by atoms with Crippen LogP contribution in [0.5, 0.6) is 0 Å². The zero-order chi connectivity index (χ0) is 13.2. The van der Waals surface area contributed by atoms with Crippen LogP contribution in [0.25, 0.3) is 0 Å². The van der Waals surface area contributed by atoms with Crippen molar-refractivity contribution in [2.75, 3.05) is 31.1 Å². The molecule has 1 aromatic rings. The minimum Gasteiger partial charge on any atom is -0.346 e. The average Bonchev–Trinajstić information content (AvgIpc) is 3.06. The van der Waals surface area contributed by atoms with E-state index in [1.165, 1.54) is 48.8 Å². The molecule has 0 saturated carbocycles. The molecular formula is C14H24N4S. The number of nitrogens with zero attached hydrogens (tertiary/aromatic N) is 3. The van der Waals surface area contributed by atoms with E-state index in [1.807, 2.05) is 0 Å². The quantitative estimate of drug-likeness (QED) is 0.919. The van der Waals surface area contributed by atoms with Crippen LogP contribution in [-0.2, 0) is 6.54 Å². The first-order valence-electron chi connectivity index (χ1n) is 7.43. The van der Waals surface area contributed by atoms with Crippen molar-refractivity contribution in [1.82, 2.24) is 9.88 Å². The Balaban J connectivity index is 1.64. The number of aromatic nitrogens is 1.